The third kappa shape index (κ3) is 3.97. The van der Waals surface area contributed by atoms with Crippen molar-refractivity contribution < 1.29 is 15.0 Å². The maximum atomic E-state index is 11.0. The van der Waals surface area contributed by atoms with Gasteiger partial charge in [-0.3, -0.25) is 9.69 Å². The van der Waals surface area contributed by atoms with Crippen LogP contribution in [0.2, 0.25) is 5.02 Å². The molecule has 5 heteroatoms. The average Bonchev–Trinajstić information content (AvgIpc) is 2.42. The fraction of sp³-hybridized carbons (Fsp3) is 0.188. The zero-order valence-corrected chi connectivity index (χ0v) is 12.3. The highest BCUT2D eigenvalue weighted by atomic mass is 35.5. The van der Waals surface area contributed by atoms with E-state index in [9.17, 15) is 9.90 Å². The van der Waals surface area contributed by atoms with Gasteiger partial charge < -0.3 is 10.2 Å². The lowest BCUT2D eigenvalue weighted by Gasteiger charge is -2.27. The Balaban J connectivity index is 2.40. The zero-order chi connectivity index (χ0) is 15.4. The standard InChI is InChI=1S/C16H16ClNO3/c1-18(10-15(20)21)16(11-2-6-13(17)7-3-11)12-4-8-14(19)9-5-12/h2-9,16,19H,10H2,1H3,(H,20,21). The Morgan fingerprint density at radius 1 is 1.10 bits per heavy atom. The van der Waals surface area contributed by atoms with Crippen molar-refractivity contribution in [2.45, 2.75) is 6.04 Å². The molecule has 1 unspecified atom stereocenters. The topological polar surface area (TPSA) is 60.8 Å². The van der Waals surface area contributed by atoms with E-state index >= 15 is 0 Å². The largest absolute Gasteiger partial charge is 0.508 e. The Hall–Kier alpha value is -2.04. The molecular formula is C16H16ClNO3. The Bertz CT molecular complexity index is 565. The van der Waals surface area contributed by atoms with Gasteiger partial charge in [-0.2, -0.15) is 0 Å². The summed E-state index contributed by atoms with van der Waals surface area (Å²) in [5, 5.41) is 19.0. The summed E-state index contributed by atoms with van der Waals surface area (Å²) in [5.41, 5.74) is 1.84. The molecule has 21 heavy (non-hydrogen) atoms. The first-order chi connectivity index (χ1) is 9.97. The number of likely N-dealkylation sites (N-methyl/N-ethyl adjacent to an activating group) is 1. The summed E-state index contributed by atoms with van der Waals surface area (Å²) in [4.78, 5) is 12.7. The van der Waals surface area contributed by atoms with Crippen molar-refractivity contribution in [3.8, 4) is 5.75 Å². The number of aromatic hydroxyl groups is 1. The summed E-state index contributed by atoms with van der Waals surface area (Å²) < 4.78 is 0. The summed E-state index contributed by atoms with van der Waals surface area (Å²) >= 11 is 5.91. The van der Waals surface area contributed by atoms with Gasteiger partial charge in [0.05, 0.1) is 12.6 Å². The molecule has 0 saturated heterocycles. The van der Waals surface area contributed by atoms with Gasteiger partial charge in [0.25, 0.3) is 0 Å². The molecule has 0 radical (unpaired) electrons. The summed E-state index contributed by atoms with van der Waals surface area (Å²) in [5.74, 6) is -0.718. The van der Waals surface area contributed by atoms with Gasteiger partial charge in [0.2, 0.25) is 0 Å². The van der Waals surface area contributed by atoms with Crippen LogP contribution < -0.4 is 0 Å². The Morgan fingerprint density at radius 3 is 2.05 bits per heavy atom. The number of aliphatic carboxylic acids is 1. The van der Waals surface area contributed by atoms with Crippen molar-refractivity contribution >= 4 is 17.6 Å². The molecule has 1 atom stereocenters. The van der Waals surface area contributed by atoms with Gasteiger partial charge in [0.1, 0.15) is 5.75 Å². The highest BCUT2D eigenvalue weighted by Gasteiger charge is 2.21. The van der Waals surface area contributed by atoms with Crippen molar-refractivity contribution in [3.63, 3.8) is 0 Å². The van der Waals surface area contributed by atoms with Crippen LogP contribution in [0.25, 0.3) is 0 Å². The van der Waals surface area contributed by atoms with Gasteiger partial charge >= 0.3 is 5.97 Å². The van der Waals surface area contributed by atoms with Crippen molar-refractivity contribution in [1.82, 2.24) is 4.90 Å². The molecule has 0 fully saturated rings. The first-order valence-electron chi connectivity index (χ1n) is 6.44. The molecule has 0 spiro atoms. The SMILES string of the molecule is CN(CC(=O)O)C(c1ccc(O)cc1)c1ccc(Cl)cc1. The fourth-order valence-corrected chi connectivity index (χ4v) is 2.43. The molecular weight excluding hydrogens is 290 g/mol. The molecule has 0 saturated carbocycles. The van der Waals surface area contributed by atoms with E-state index in [0.29, 0.717) is 5.02 Å². The first-order valence-corrected chi connectivity index (χ1v) is 6.81. The summed E-state index contributed by atoms with van der Waals surface area (Å²) in [7, 11) is 1.75. The molecule has 0 amide bonds. The van der Waals surface area contributed by atoms with Gasteiger partial charge in [-0.1, -0.05) is 35.9 Å². The number of carbonyl (C=O) groups is 1. The highest BCUT2D eigenvalue weighted by molar-refractivity contribution is 6.30. The molecule has 0 heterocycles. The lowest BCUT2D eigenvalue weighted by Crippen LogP contribution is -2.30. The van der Waals surface area contributed by atoms with Gasteiger partial charge in [-0.25, -0.2) is 0 Å². The minimum atomic E-state index is -0.893. The van der Waals surface area contributed by atoms with E-state index in [2.05, 4.69) is 0 Å². The van der Waals surface area contributed by atoms with Crippen molar-refractivity contribution in [2.75, 3.05) is 13.6 Å². The van der Waals surface area contributed by atoms with Crippen LogP contribution in [0.5, 0.6) is 5.75 Å². The van der Waals surface area contributed by atoms with Crippen LogP contribution in [-0.4, -0.2) is 34.7 Å². The zero-order valence-electron chi connectivity index (χ0n) is 11.5. The Kier molecular flexibility index (Phi) is 4.83. The molecule has 0 aromatic heterocycles. The first kappa shape index (κ1) is 15.4. The highest BCUT2D eigenvalue weighted by Crippen LogP contribution is 2.29. The lowest BCUT2D eigenvalue weighted by atomic mass is 9.97. The Labute approximate surface area is 128 Å². The van der Waals surface area contributed by atoms with Crippen LogP contribution in [-0.2, 0) is 4.79 Å². The summed E-state index contributed by atoms with van der Waals surface area (Å²) in [6.45, 7) is -0.0891. The molecule has 110 valence electrons. The molecule has 0 bridgehead atoms. The molecule has 4 nitrogen and oxygen atoms in total. The van der Waals surface area contributed by atoms with E-state index in [0.717, 1.165) is 11.1 Å². The van der Waals surface area contributed by atoms with Crippen molar-refractivity contribution in [2.24, 2.45) is 0 Å². The molecule has 2 aromatic rings. The van der Waals surface area contributed by atoms with E-state index in [1.54, 1.807) is 48.3 Å². The fourth-order valence-electron chi connectivity index (χ4n) is 2.31. The predicted molar refractivity (Wildman–Crippen MR) is 81.7 cm³/mol. The van der Waals surface area contributed by atoms with Crippen molar-refractivity contribution in [3.05, 3.63) is 64.7 Å². The third-order valence-corrected chi connectivity index (χ3v) is 3.47. The molecule has 2 aromatic carbocycles. The van der Waals surface area contributed by atoms with E-state index in [4.69, 9.17) is 16.7 Å². The predicted octanol–water partition coefficient (Wildman–Crippen LogP) is 3.15. The molecule has 0 aliphatic heterocycles. The molecule has 2 rings (SSSR count). The van der Waals surface area contributed by atoms with E-state index in [1.807, 2.05) is 12.1 Å². The quantitative estimate of drug-likeness (QED) is 0.891. The summed E-state index contributed by atoms with van der Waals surface area (Å²) in [6, 6.07) is 13.8. The smallest absolute Gasteiger partial charge is 0.317 e. The number of hydrogen-bond donors (Lipinski definition) is 2. The number of nitrogens with zero attached hydrogens (tertiary/aromatic N) is 1. The van der Waals surface area contributed by atoms with Crippen molar-refractivity contribution in [1.29, 1.82) is 0 Å². The van der Waals surface area contributed by atoms with Crippen LogP contribution in [0.15, 0.2) is 48.5 Å². The normalized spacial score (nSPS) is 12.3. The monoisotopic (exact) mass is 305 g/mol. The van der Waals surface area contributed by atoms with Gasteiger partial charge in [-0.05, 0) is 42.4 Å². The number of halogens is 1. The maximum absolute atomic E-state index is 11.0. The van der Waals surface area contributed by atoms with Crippen LogP contribution in [0.3, 0.4) is 0 Å². The van der Waals surface area contributed by atoms with E-state index in [-0.39, 0.29) is 18.3 Å². The number of phenolic OH excluding ortho intramolecular Hbond substituents is 1. The van der Waals surface area contributed by atoms with Gasteiger partial charge in [0, 0.05) is 5.02 Å². The second-order valence-corrected chi connectivity index (χ2v) is 5.29. The maximum Gasteiger partial charge on any atom is 0.317 e. The molecule has 2 N–H and O–H groups in total. The van der Waals surface area contributed by atoms with Crippen LogP contribution >= 0.6 is 11.6 Å². The average molecular weight is 306 g/mol. The second kappa shape index (κ2) is 6.61. The third-order valence-electron chi connectivity index (χ3n) is 3.22. The second-order valence-electron chi connectivity index (χ2n) is 4.85. The van der Waals surface area contributed by atoms with Gasteiger partial charge in [0.15, 0.2) is 0 Å². The molecule has 0 aliphatic rings. The number of hydrogen-bond acceptors (Lipinski definition) is 3. The summed E-state index contributed by atoms with van der Waals surface area (Å²) in [6.07, 6.45) is 0. The number of phenols is 1. The van der Waals surface area contributed by atoms with Crippen LogP contribution in [0.4, 0.5) is 0 Å². The minimum Gasteiger partial charge on any atom is -0.508 e. The molecule has 0 aliphatic carbocycles. The number of benzene rings is 2. The van der Waals surface area contributed by atoms with E-state index in [1.165, 1.54) is 0 Å². The number of carboxylic acid groups (broad SMARTS) is 1. The van der Waals surface area contributed by atoms with Crippen LogP contribution in [0, 0.1) is 0 Å². The Morgan fingerprint density at radius 2 is 1.57 bits per heavy atom. The lowest BCUT2D eigenvalue weighted by molar-refractivity contribution is -0.138. The van der Waals surface area contributed by atoms with Gasteiger partial charge in [-0.15, -0.1) is 0 Å². The van der Waals surface area contributed by atoms with E-state index < -0.39 is 5.97 Å². The minimum absolute atomic E-state index is 0.0891. The van der Waals surface area contributed by atoms with Crippen LogP contribution in [0.1, 0.15) is 17.2 Å². The number of rotatable bonds is 5. The number of carboxylic acids is 1.